The lowest BCUT2D eigenvalue weighted by Crippen LogP contribution is -2.53. The number of carbonyl (C=O) groups excluding carboxylic acids is 2. The van der Waals surface area contributed by atoms with Crippen LogP contribution in [0.15, 0.2) is 0 Å². The maximum absolute atomic E-state index is 11.7. The molecule has 6 heteroatoms. The second kappa shape index (κ2) is 6.21. The van der Waals surface area contributed by atoms with Gasteiger partial charge in [0.15, 0.2) is 0 Å². The second-order valence-electron chi connectivity index (χ2n) is 4.54. The van der Waals surface area contributed by atoms with Crippen molar-refractivity contribution in [2.45, 2.75) is 25.8 Å². The normalized spacial score (nSPS) is 23.8. The molecule has 2 amide bonds. The lowest BCUT2D eigenvalue weighted by Gasteiger charge is -2.27. The molecule has 0 aliphatic carbocycles. The lowest BCUT2D eigenvalue weighted by atomic mass is 10.0. The van der Waals surface area contributed by atoms with Gasteiger partial charge < -0.3 is 15.5 Å². The predicted octanol–water partition coefficient (Wildman–Crippen LogP) is -0.245. The van der Waals surface area contributed by atoms with Crippen molar-refractivity contribution < 1.29 is 9.59 Å². The molecule has 1 unspecified atom stereocenters. The SMILES string of the molecule is CCC(=O)N1CCC(NC(=O)C2CNC2)C1.Cl. The molecule has 98 valence electrons. The number of hydrogen-bond donors (Lipinski definition) is 2. The molecule has 2 fully saturated rings. The van der Waals surface area contributed by atoms with E-state index in [0.29, 0.717) is 13.0 Å². The Kier molecular flexibility index (Phi) is 5.21. The van der Waals surface area contributed by atoms with Crippen molar-refractivity contribution >= 4 is 24.2 Å². The van der Waals surface area contributed by atoms with Gasteiger partial charge in [-0.2, -0.15) is 0 Å². The van der Waals surface area contributed by atoms with Crippen LogP contribution in [0.5, 0.6) is 0 Å². The van der Waals surface area contributed by atoms with Crippen molar-refractivity contribution in [3.63, 3.8) is 0 Å². The number of hydrogen-bond acceptors (Lipinski definition) is 3. The first-order chi connectivity index (χ1) is 7.70. The fourth-order valence-corrected chi connectivity index (χ4v) is 2.12. The average Bonchev–Trinajstić information content (AvgIpc) is 2.62. The van der Waals surface area contributed by atoms with Crippen LogP contribution >= 0.6 is 12.4 Å². The Balaban J connectivity index is 0.00000144. The largest absolute Gasteiger partial charge is 0.351 e. The van der Waals surface area contributed by atoms with E-state index >= 15 is 0 Å². The number of halogens is 1. The van der Waals surface area contributed by atoms with E-state index in [0.717, 1.165) is 26.1 Å². The summed E-state index contributed by atoms with van der Waals surface area (Å²) in [5.74, 6) is 0.451. The van der Waals surface area contributed by atoms with Crippen LogP contribution in [0.25, 0.3) is 0 Å². The van der Waals surface area contributed by atoms with E-state index in [4.69, 9.17) is 0 Å². The molecule has 5 nitrogen and oxygen atoms in total. The topological polar surface area (TPSA) is 61.4 Å². The number of carbonyl (C=O) groups is 2. The summed E-state index contributed by atoms with van der Waals surface area (Å²) in [6.45, 7) is 4.90. The van der Waals surface area contributed by atoms with Crippen LogP contribution in [0.3, 0.4) is 0 Å². The van der Waals surface area contributed by atoms with Gasteiger partial charge in [-0.05, 0) is 6.42 Å². The summed E-state index contributed by atoms with van der Waals surface area (Å²) in [4.78, 5) is 25.0. The highest BCUT2D eigenvalue weighted by molar-refractivity contribution is 5.85. The van der Waals surface area contributed by atoms with Crippen molar-refractivity contribution in [1.29, 1.82) is 0 Å². The molecule has 2 N–H and O–H groups in total. The smallest absolute Gasteiger partial charge is 0.225 e. The monoisotopic (exact) mass is 261 g/mol. The first-order valence-electron chi connectivity index (χ1n) is 5.99. The molecule has 2 rings (SSSR count). The van der Waals surface area contributed by atoms with E-state index in [-0.39, 0.29) is 36.2 Å². The Morgan fingerprint density at radius 3 is 2.65 bits per heavy atom. The fourth-order valence-electron chi connectivity index (χ4n) is 2.12. The number of nitrogens with zero attached hydrogens (tertiary/aromatic N) is 1. The predicted molar refractivity (Wildman–Crippen MR) is 67.0 cm³/mol. The third-order valence-electron chi connectivity index (χ3n) is 3.34. The zero-order chi connectivity index (χ0) is 11.5. The molecule has 2 aliphatic heterocycles. The minimum atomic E-state index is 0. The van der Waals surface area contributed by atoms with Gasteiger partial charge in [0.05, 0.1) is 5.92 Å². The molecule has 2 heterocycles. The molecule has 0 saturated carbocycles. The molecule has 0 radical (unpaired) electrons. The van der Waals surface area contributed by atoms with Gasteiger partial charge >= 0.3 is 0 Å². The van der Waals surface area contributed by atoms with Crippen LogP contribution in [-0.2, 0) is 9.59 Å². The van der Waals surface area contributed by atoms with Crippen LogP contribution in [0.4, 0.5) is 0 Å². The van der Waals surface area contributed by atoms with E-state index < -0.39 is 0 Å². The quantitative estimate of drug-likeness (QED) is 0.737. The first-order valence-corrected chi connectivity index (χ1v) is 5.99. The van der Waals surface area contributed by atoms with Gasteiger partial charge in [0.1, 0.15) is 0 Å². The average molecular weight is 262 g/mol. The Morgan fingerprint density at radius 1 is 1.41 bits per heavy atom. The van der Waals surface area contributed by atoms with Gasteiger partial charge in [0.2, 0.25) is 11.8 Å². The highest BCUT2D eigenvalue weighted by Crippen LogP contribution is 2.12. The van der Waals surface area contributed by atoms with Crippen LogP contribution in [0.2, 0.25) is 0 Å². The van der Waals surface area contributed by atoms with Crippen molar-refractivity contribution in [2.24, 2.45) is 5.92 Å². The zero-order valence-corrected chi connectivity index (χ0v) is 10.9. The summed E-state index contributed by atoms with van der Waals surface area (Å²) < 4.78 is 0. The molecule has 0 spiro atoms. The van der Waals surface area contributed by atoms with Crippen molar-refractivity contribution in [2.75, 3.05) is 26.2 Å². The van der Waals surface area contributed by atoms with Crippen LogP contribution in [0, 0.1) is 5.92 Å². The summed E-state index contributed by atoms with van der Waals surface area (Å²) >= 11 is 0. The van der Waals surface area contributed by atoms with Crippen LogP contribution < -0.4 is 10.6 Å². The molecule has 2 aliphatic rings. The van der Waals surface area contributed by atoms with Crippen molar-refractivity contribution in [1.82, 2.24) is 15.5 Å². The fraction of sp³-hybridized carbons (Fsp3) is 0.818. The molecule has 0 aromatic rings. The van der Waals surface area contributed by atoms with Gasteiger partial charge in [0.25, 0.3) is 0 Å². The van der Waals surface area contributed by atoms with Gasteiger partial charge in [-0.25, -0.2) is 0 Å². The summed E-state index contributed by atoms with van der Waals surface area (Å²) in [6, 6.07) is 0.156. The standard InChI is InChI=1S/C11H19N3O2.ClH/c1-2-10(15)14-4-3-9(7-14)13-11(16)8-5-12-6-8;/h8-9,12H,2-7H2,1H3,(H,13,16);1H. The number of rotatable bonds is 3. The third kappa shape index (κ3) is 3.33. The van der Waals surface area contributed by atoms with E-state index in [1.807, 2.05) is 11.8 Å². The Labute approximate surface area is 108 Å². The first kappa shape index (κ1) is 14.3. The molecular formula is C11H20ClN3O2. The number of likely N-dealkylation sites (tertiary alicyclic amines) is 1. The van der Waals surface area contributed by atoms with E-state index in [9.17, 15) is 9.59 Å². The summed E-state index contributed by atoms with van der Waals surface area (Å²) in [7, 11) is 0. The summed E-state index contributed by atoms with van der Waals surface area (Å²) in [5, 5.41) is 6.09. The second-order valence-corrected chi connectivity index (χ2v) is 4.54. The van der Waals surface area contributed by atoms with Crippen LogP contribution in [-0.4, -0.2) is 48.9 Å². The van der Waals surface area contributed by atoms with E-state index in [2.05, 4.69) is 10.6 Å². The summed E-state index contributed by atoms with van der Waals surface area (Å²) in [5.41, 5.74) is 0. The number of nitrogens with one attached hydrogen (secondary N) is 2. The molecule has 1 atom stereocenters. The zero-order valence-electron chi connectivity index (χ0n) is 10.1. The third-order valence-corrected chi connectivity index (χ3v) is 3.34. The Hall–Kier alpha value is -0.810. The minimum Gasteiger partial charge on any atom is -0.351 e. The van der Waals surface area contributed by atoms with Gasteiger partial charge in [-0.1, -0.05) is 6.92 Å². The number of amides is 2. The maximum Gasteiger partial charge on any atom is 0.225 e. The maximum atomic E-state index is 11.7. The highest BCUT2D eigenvalue weighted by atomic mass is 35.5. The van der Waals surface area contributed by atoms with E-state index in [1.54, 1.807) is 0 Å². The highest BCUT2D eigenvalue weighted by Gasteiger charge is 2.30. The van der Waals surface area contributed by atoms with E-state index in [1.165, 1.54) is 0 Å². The molecule has 0 aromatic carbocycles. The molecule has 2 saturated heterocycles. The molecule has 0 aromatic heterocycles. The minimum absolute atomic E-state index is 0. The molecule has 0 bridgehead atoms. The van der Waals surface area contributed by atoms with Crippen LogP contribution in [0.1, 0.15) is 19.8 Å². The molecule has 17 heavy (non-hydrogen) atoms. The Morgan fingerprint density at radius 2 is 2.12 bits per heavy atom. The Bertz CT molecular complexity index is 294. The van der Waals surface area contributed by atoms with Crippen molar-refractivity contribution in [3.8, 4) is 0 Å². The van der Waals surface area contributed by atoms with Gasteiger partial charge in [-0.15, -0.1) is 12.4 Å². The molecular weight excluding hydrogens is 242 g/mol. The lowest BCUT2D eigenvalue weighted by molar-refractivity contribution is -0.130. The van der Waals surface area contributed by atoms with Crippen molar-refractivity contribution in [3.05, 3.63) is 0 Å². The van der Waals surface area contributed by atoms with Gasteiger partial charge in [0, 0.05) is 38.6 Å². The summed E-state index contributed by atoms with van der Waals surface area (Å²) in [6.07, 6.45) is 1.44. The van der Waals surface area contributed by atoms with Gasteiger partial charge in [-0.3, -0.25) is 9.59 Å².